The third-order valence-corrected chi connectivity index (χ3v) is 11.5. The molecular formula is C53H39N. The molecule has 0 amide bonds. The Balaban J connectivity index is 1.000. The van der Waals surface area contributed by atoms with Crippen LogP contribution in [0.25, 0.3) is 66.1 Å². The molecule has 9 aromatic rings. The summed E-state index contributed by atoms with van der Waals surface area (Å²) >= 11 is 0. The number of para-hydroxylation sites is 1. The van der Waals surface area contributed by atoms with E-state index >= 15 is 0 Å². The number of fused-ring (bicyclic) bond motifs is 6. The Bertz CT molecular complexity index is 2810. The Kier molecular flexibility index (Phi) is 7.56. The first kappa shape index (κ1) is 32.0. The van der Waals surface area contributed by atoms with E-state index in [1.165, 1.54) is 77.2 Å². The quantitative estimate of drug-likeness (QED) is 0.157. The van der Waals surface area contributed by atoms with Crippen molar-refractivity contribution in [2.24, 2.45) is 0 Å². The van der Waals surface area contributed by atoms with E-state index in [0.717, 1.165) is 17.1 Å². The molecule has 0 spiro atoms. The van der Waals surface area contributed by atoms with Gasteiger partial charge in [-0.25, -0.2) is 0 Å². The molecule has 1 aliphatic carbocycles. The van der Waals surface area contributed by atoms with Gasteiger partial charge in [-0.15, -0.1) is 0 Å². The molecule has 0 fully saturated rings. The van der Waals surface area contributed by atoms with Crippen LogP contribution in [0.15, 0.2) is 200 Å². The molecule has 0 atom stereocenters. The molecule has 0 N–H and O–H groups in total. The van der Waals surface area contributed by atoms with Crippen LogP contribution in [0.4, 0.5) is 17.1 Å². The summed E-state index contributed by atoms with van der Waals surface area (Å²) < 4.78 is 0. The van der Waals surface area contributed by atoms with Crippen molar-refractivity contribution in [3.8, 4) is 44.5 Å². The maximum absolute atomic E-state index is 2.40. The average Bonchev–Trinajstić information content (AvgIpc) is 3.47. The van der Waals surface area contributed by atoms with Gasteiger partial charge in [-0.1, -0.05) is 159 Å². The van der Waals surface area contributed by atoms with Gasteiger partial charge in [0, 0.05) is 22.5 Å². The first-order chi connectivity index (χ1) is 26.5. The highest BCUT2D eigenvalue weighted by Gasteiger charge is 2.35. The molecule has 10 rings (SSSR count). The Morgan fingerprint density at radius 2 is 0.852 bits per heavy atom. The molecule has 1 nitrogen and oxygen atoms in total. The van der Waals surface area contributed by atoms with Crippen LogP contribution in [0.2, 0.25) is 0 Å². The number of hydrogen-bond donors (Lipinski definition) is 0. The zero-order valence-corrected chi connectivity index (χ0v) is 30.5. The Morgan fingerprint density at radius 1 is 0.315 bits per heavy atom. The minimum atomic E-state index is -0.0239. The fraction of sp³-hybridized carbons (Fsp3) is 0.0566. The van der Waals surface area contributed by atoms with Crippen LogP contribution in [0.3, 0.4) is 0 Å². The van der Waals surface area contributed by atoms with Crippen molar-refractivity contribution in [3.63, 3.8) is 0 Å². The average molecular weight is 690 g/mol. The molecule has 0 bridgehead atoms. The second kappa shape index (κ2) is 12.8. The van der Waals surface area contributed by atoms with Crippen LogP contribution in [0.5, 0.6) is 0 Å². The Morgan fingerprint density at radius 3 is 1.57 bits per heavy atom. The summed E-state index contributed by atoms with van der Waals surface area (Å²) in [5.74, 6) is 0. The van der Waals surface area contributed by atoms with Crippen LogP contribution in [0.1, 0.15) is 25.0 Å². The first-order valence-electron chi connectivity index (χ1n) is 18.8. The summed E-state index contributed by atoms with van der Waals surface area (Å²) in [6.45, 7) is 4.69. The molecule has 0 heterocycles. The van der Waals surface area contributed by atoms with E-state index in [0.29, 0.717) is 0 Å². The van der Waals surface area contributed by atoms with Crippen molar-refractivity contribution in [3.05, 3.63) is 211 Å². The number of benzene rings is 9. The number of nitrogens with zero attached hydrogens (tertiary/aromatic N) is 1. The maximum atomic E-state index is 2.40. The van der Waals surface area contributed by atoms with E-state index in [2.05, 4.69) is 219 Å². The van der Waals surface area contributed by atoms with Gasteiger partial charge in [-0.05, 0) is 132 Å². The van der Waals surface area contributed by atoms with Gasteiger partial charge < -0.3 is 4.90 Å². The Hall–Kier alpha value is -6.70. The zero-order chi connectivity index (χ0) is 36.2. The maximum Gasteiger partial charge on any atom is 0.0462 e. The predicted octanol–water partition coefficient (Wildman–Crippen LogP) is 14.8. The number of hydrogen-bond acceptors (Lipinski definition) is 1. The van der Waals surface area contributed by atoms with E-state index in [1.807, 2.05) is 0 Å². The van der Waals surface area contributed by atoms with Gasteiger partial charge in [-0.3, -0.25) is 0 Å². The molecule has 0 saturated carbocycles. The largest absolute Gasteiger partial charge is 0.311 e. The van der Waals surface area contributed by atoms with Crippen LogP contribution in [-0.4, -0.2) is 0 Å². The summed E-state index contributed by atoms with van der Waals surface area (Å²) in [7, 11) is 0. The standard InChI is InChI=1S/C53H39N/c1-53(2)51-20-12-11-19-47(51)48-32-26-40(35-52(48)53)37-23-29-44(30-24-37)54(42-16-7-4-8-17-42)43-27-21-36(22-28-43)39-25-31-46-49(38-13-5-3-6-14-38)34-41-15-9-10-18-45(41)50(46)33-39/h3-35H,1-2H3. The summed E-state index contributed by atoms with van der Waals surface area (Å²) in [5, 5.41) is 5.08. The second-order valence-corrected chi connectivity index (χ2v) is 15.0. The van der Waals surface area contributed by atoms with Crippen LogP contribution >= 0.6 is 0 Å². The molecule has 0 aliphatic heterocycles. The molecule has 0 aromatic heterocycles. The van der Waals surface area contributed by atoms with Crippen LogP contribution in [-0.2, 0) is 5.41 Å². The molecule has 1 aliphatic rings. The minimum absolute atomic E-state index is 0.0239. The number of anilines is 3. The van der Waals surface area contributed by atoms with Gasteiger partial charge in [0.15, 0.2) is 0 Å². The fourth-order valence-corrected chi connectivity index (χ4v) is 8.65. The van der Waals surface area contributed by atoms with E-state index in [1.54, 1.807) is 0 Å². The molecule has 54 heavy (non-hydrogen) atoms. The SMILES string of the molecule is CC1(C)c2ccccc2-c2ccc(-c3ccc(N(c4ccccc4)c4ccc(-c5ccc6c(-c7ccccc7)cc7ccccc7c6c5)cc4)cc3)cc21. The topological polar surface area (TPSA) is 3.24 Å². The van der Waals surface area contributed by atoms with Crippen LogP contribution < -0.4 is 4.90 Å². The van der Waals surface area contributed by atoms with Crippen LogP contribution in [0, 0.1) is 0 Å². The summed E-state index contributed by atoms with van der Waals surface area (Å²) in [5.41, 5.74) is 16.2. The lowest BCUT2D eigenvalue weighted by molar-refractivity contribution is 0.660. The highest BCUT2D eigenvalue weighted by atomic mass is 15.1. The van der Waals surface area contributed by atoms with Crippen molar-refractivity contribution in [2.75, 3.05) is 4.90 Å². The van der Waals surface area contributed by atoms with E-state index < -0.39 is 0 Å². The lowest BCUT2D eigenvalue weighted by atomic mass is 9.81. The van der Waals surface area contributed by atoms with E-state index in [4.69, 9.17) is 0 Å². The van der Waals surface area contributed by atoms with E-state index in [9.17, 15) is 0 Å². The lowest BCUT2D eigenvalue weighted by Gasteiger charge is -2.26. The van der Waals surface area contributed by atoms with E-state index in [-0.39, 0.29) is 5.41 Å². The van der Waals surface area contributed by atoms with Crippen molar-refractivity contribution in [1.29, 1.82) is 0 Å². The van der Waals surface area contributed by atoms with Gasteiger partial charge >= 0.3 is 0 Å². The van der Waals surface area contributed by atoms with Gasteiger partial charge in [0.2, 0.25) is 0 Å². The molecule has 256 valence electrons. The summed E-state index contributed by atoms with van der Waals surface area (Å²) in [6.07, 6.45) is 0. The fourth-order valence-electron chi connectivity index (χ4n) is 8.65. The molecule has 9 aromatic carbocycles. The predicted molar refractivity (Wildman–Crippen MR) is 230 cm³/mol. The molecule has 0 unspecified atom stereocenters. The monoisotopic (exact) mass is 689 g/mol. The van der Waals surface area contributed by atoms with Crippen molar-refractivity contribution >= 4 is 38.6 Å². The third-order valence-electron chi connectivity index (χ3n) is 11.5. The molecular weight excluding hydrogens is 651 g/mol. The van der Waals surface area contributed by atoms with Crippen molar-refractivity contribution < 1.29 is 0 Å². The molecule has 0 radical (unpaired) electrons. The Labute approximate surface area is 317 Å². The summed E-state index contributed by atoms with van der Waals surface area (Å²) in [6, 6.07) is 73.3. The highest BCUT2D eigenvalue weighted by Crippen LogP contribution is 2.49. The third kappa shape index (κ3) is 5.32. The first-order valence-corrected chi connectivity index (χ1v) is 18.8. The molecule has 1 heteroatoms. The number of rotatable bonds is 6. The lowest BCUT2D eigenvalue weighted by Crippen LogP contribution is -2.14. The van der Waals surface area contributed by atoms with Gasteiger partial charge in [0.1, 0.15) is 0 Å². The molecule has 0 saturated heterocycles. The zero-order valence-electron chi connectivity index (χ0n) is 30.5. The van der Waals surface area contributed by atoms with Gasteiger partial charge in [0.05, 0.1) is 0 Å². The highest BCUT2D eigenvalue weighted by molar-refractivity contribution is 6.14. The van der Waals surface area contributed by atoms with Gasteiger partial charge in [-0.2, -0.15) is 0 Å². The second-order valence-electron chi connectivity index (χ2n) is 15.0. The normalized spacial score (nSPS) is 12.8. The van der Waals surface area contributed by atoms with Crippen molar-refractivity contribution in [1.82, 2.24) is 0 Å². The van der Waals surface area contributed by atoms with Gasteiger partial charge in [0.25, 0.3) is 0 Å². The minimum Gasteiger partial charge on any atom is -0.311 e. The smallest absolute Gasteiger partial charge is 0.0462 e. The van der Waals surface area contributed by atoms with Crippen molar-refractivity contribution in [2.45, 2.75) is 19.3 Å². The summed E-state index contributed by atoms with van der Waals surface area (Å²) in [4.78, 5) is 2.34.